The number of H-pyrrole nitrogens is 2. The fraction of sp³-hybridized carbons (Fsp3) is 0.148. The van der Waals surface area contributed by atoms with Gasteiger partial charge in [0.1, 0.15) is 5.69 Å². The SMILES string of the molecule is CC(C)CC(=O)Nc1cncc(-c2cnc3n[nH]c(-c4nc5c(-c6ccoc6)cccc5[nH]4)c3c2)c1. The van der Waals surface area contributed by atoms with Crippen LogP contribution < -0.4 is 5.32 Å². The molecule has 1 amide bonds. The van der Waals surface area contributed by atoms with Gasteiger partial charge in [0.25, 0.3) is 0 Å². The van der Waals surface area contributed by atoms with Crippen molar-refractivity contribution in [1.29, 1.82) is 0 Å². The van der Waals surface area contributed by atoms with Crippen LogP contribution in [-0.4, -0.2) is 36.0 Å². The molecule has 0 spiro atoms. The summed E-state index contributed by atoms with van der Waals surface area (Å²) in [5.41, 5.74) is 7.35. The Balaban J connectivity index is 1.38. The van der Waals surface area contributed by atoms with Gasteiger partial charge in [0.15, 0.2) is 11.5 Å². The summed E-state index contributed by atoms with van der Waals surface area (Å²) in [5, 5.41) is 11.2. The molecule has 0 saturated heterocycles. The molecule has 9 nitrogen and oxygen atoms in total. The highest BCUT2D eigenvalue weighted by Gasteiger charge is 2.16. The number of anilines is 1. The van der Waals surface area contributed by atoms with Gasteiger partial charge >= 0.3 is 0 Å². The summed E-state index contributed by atoms with van der Waals surface area (Å²) in [6, 6.07) is 11.8. The maximum Gasteiger partial charge on any atom is 0.224 e. The second-order valence-electron chi connectivity index (χ2n) is 9.10. The fourth-order valence-electron chi connectivity index (χ4n) is 4.29. The highest BCUT2D eigenvalue weighted by molar-refractivity contribution is 5.97. The standard InChI is InChI=1S/C27H23N7O2/c1-15(2)8-23(35)30-19-9-17(11-28-13-19)18-10-21-25(33-34-26(21)29-12-18)27-31-22-5-3-4-20(24(22)32-27)16-6-7-36-14-16/h3-7,9-15H,8H2,1-2H3,(H,30,35)(H,31,32)(H,29,33,34). The molecule has 5 aromatic heterocycles. The molecule has 0 aliphatic heterocycles. The fourth-order valence-corrected chi connectivity index (χ4v) is 4.29. The van der Waals surface area contributed by atoms with E-state index in [4.69, 9.17) is 9.40 Å². The summed E-state index contributed by atoms with van der Waals surface area (Å²) in [6.45, 7) is 4.02. The number of rotatable bonds is 6. The topological polar surface area (TPSA) is 125 Å². The molecule has 0 radical (unpaired) electrons. The number of nitrogens with zero attached hydrogens (tertiary/aromatic N) is 4. The summed E-state index contributed by atoms with van der Waals surface area (Å²) in [5.74, 6) is 0.908. The first-order valence-electron chi connectivity index (χ1n) is 11.7. The zero-order chi connectivity index (χ0) is 24.6. The van der Waals surface area contributed by atoms with Crippen LogP contribution in [0.1, 0.15) is 20.3 Å². The summed E-state index contributed by atoms with van der Waals surface area (Å²) < 4.78 is 5.27. The molecule has 1 aromatic carbocycles. The van der Waals surface area contributed by atoms with Crippen molar-refractivity contribution in [2.24, 2.45) is 5.92 Å². The minimum absolute atomic E-state index is 0.0330. The summed E-state index contributed by atoms with van der Waals surface area (Å²) in [7, 11) is 0. The Hall–Kier alpha value is -4.79. The Morgan fingerprint density at radius 1 is 1.08 bits per heavy atom. The second kappa shape index (κ2) is 8.77. The molecule has 9 heteroatoms. The van der Waals surface area contributed by atoms with Crippen LogP contribution in [0, 0.1) is 5.92 Å². The van der Waals surface area contributed by atoms with Crippen molar-refractivity contribution < 1.29 is 9.21 Å². The molecule has 0 bridgehead atoms. The third-order valence-corrected chi connectivity index (χ3v) is 5.94. The number of para-hydroxylation sites is 1. The maximum atomic E-state index is 12.2. The largest absolute Gasteiger partial charge is 0.472 e. The van der Waals surface area contributed by atoms with Crippen molar-refractivity contribution in [1.82, 2.24) is 30.1 Å². The first-order chi connectivity index (χ1) is 17.5. The summed E-state index contributed by atoms with van der Waals surface area (Å²) in [6.07, 6.45) is 8.95. The van der Waals surface area contributed by atoms with E-state index in [1.165, 1.54) is 0 Å². The van der Waals surface area contributed by atoms with Gasteiger partial charge in [-0.05, 0) is 30.2 Å². The van der Waals surface area contributed by atoms with Crippen molar-refractivity contribution in [3.63, 3.8) is 0 Å². The Morgan fingerprint density at radius 2 is 1.97 bits per heavy atom. The number of aromatic amines is 2. The third kappa shape index (κ3) is 4.00. The predicted molar refractivity (Wildman–Crippen MR) is 138 cm³/mol. The van der Waals surface area contributed by atoms with Crippen LogP contribution in [0.15, 0.2) is 71.9 Å². The number of furan rings is 1. The van der Waals surface area contributed by atoms with Gasteiger partial charge in [-0.2, -0.15) is 5.10 Å². The van der Waals surface area contributed by atoms with Crippen LogP contribution in [0.2, 0.25) is 0 Å². The van der Waals surface area contributed by atoms with Crippen LogP contribution in [0.3, 0.4) is 0 Å². The van der Waals surface area contributed by atoms with Crippen LogP contribution >= 0.6 is 0 Å². The first-order valence-corrected chi connectivity index (χ1v) is 11.7. The molecule has 0 aliphatic rings. The lowest BCUT2D eigenvalue weighted by atomic mass is 10.1. The Morgan fingerprint density at radius 3 is 2.81 bits per heavy atom. The van der Waals surface area contributed by atoms with Crippen molar-refractivity contribution in [3.05, 3.63) is 67.5 Å². The molecule has 3 N–H and O–H groups in total. The number of carbonyl (C=O) groups is 1. The van der Waals surface area contributed by atoms with E-state index in [0.717, 1.165) is 44.4 Å². The van der Waals surface area contributed by atoms with E-state index in [1.54, 1.807) is 31.1 Å². The van der Waals surface area contributed by atoms with E-state index in [0.29, 0.717) is 23.6 Å². The molecule has 0 unspecified atom stereocenters. The first kappa shape index (κ1) is 21.7. The normalized spacial score (nSPS) is 11.5. The summed E-state index contributed by atoms with van der Waals surface area (Å²) in [4.78, 5) is 29.3. The van der Waals surface area contributed by atoms with E-state index >= 15 is 0 Å². The van der Waals surface area contributed by atoms with Gasteiger partial charge < -0.3 is 14.7 Å². The molecule has 0 aliphatic carbocycles. The van der Waals surface area contributed by atoms with Gasteiger partial charge in [0.2, 0.25) is 5.91 Å². The molecule has 0 atom stereocenters. The zero-order valence-electron chi connectivity index (χ0n) is 19.7. The molecule has 0 fully saturated rings. The van der Waals surface area contributed by atoms with E-state index in [2.05, 4.69) is 30.5 Å². The summed E-state index contributed by atoms with van der Waals surface area (Å²) >= 11 is 0. The Labute approximate surface area is 206 Å². The van der Waals surface area contributed by atoms with E-state index in [1.807, 2.05) is 50.2 Å². The molecule has 0 saturated carbocycles. The number of fused-ring (bicyclic) bond motifs is 2. The van der Waals surface area contributed by atoms with Gasteiger partial charge in [-0.15, -0.1) is 0 Å². The van der Waals surface area contributed by atoms with Crippen molar-refractivity contribution in [2.45, 2.75) is 20.3 Å². The number of nitrogens with one attached hydrogen (secondary N) is 3. The van der Waals surface area contributed by atoms with Gasteiger partial charge in [-0.25, -0.2) is 9.97 Å². The smallest absolute Gasteiger partial charge is 0.224 e. The number of benzene rings is 1. The van der Waals surface area contributed by atoms with E-state index in [9.17, 15) is 4.79 Å². The van der Waals surface area contributed by atoms with E-state index < -0.39 is 0 Å². The number of hydrogen-bond acceptors (Lipinski definition) is 6. The quantitative estimate of drug-likeness (QED) is 0.278. The predicted octanol–water partition coefficient (Wildman–Crippen LogP) is 5.81. The third-order valence-electron chi connectivity index (χ3n) is 5.94. The molecule has 178 valence electrons. The Bertz CT molecular complexity index is 1700. The maximum absolute atomic E-state index is 12.2. The van der Waals surface area contributed by atoms with Gasteiger partial charge in [0.05, 0.1) is 40.8 Å². The minimum Gasteiger partial charge on any atom is -0.472 e. The number of pyridine rings is 2. The van der Waals surface area contributed by atoms with Crippen molar-refractivity contribution in [3.8, 4) is 33.8 Å². The molecular formula is C27H23N7O2. The number of hydrogen-bond donors (Lipinski definition) is 3. The molecule has 6 rings (SSSR count). The van der Waals surface area contributed by atoms with Crippen LogP contribution in [-0.2, 0) is 4.79 Å². The zero-order valence-corrected chi connectivity index (χ0v) is 19.7. The van der Waals surface area contributed by atoms with Gasteiger partial charge in [-0.1, -0.05) is 26.0 Å². The van der Waals surface area contributed by atoms with Crippen LogP contribution in [0.4, 0.5) is 5.69 Å². The lowest BCUT2D eigenvalue weighted by Crippen LogP contribution is -2.13. The van der Waals surface area contributed by atoms with Crippen molar-refractivity contribution in [2.75, 3.05) is 5.32 Å². The molecule has 36 heavy (non-hydrogen) atoms. The highest BCUT2D eigenvalue weighted by atomic mass is 16.3. The average Bonchev–Trinajstić information content (AvgIpc) is 3.62. The molecular weight excluding hydrogens is 454 g/mol. The van der Waals surface area contributed by atoms with Gasteiger partial charge in [0, 0.05) is 41.1 Å². The lowest BCUT2D eigenvalue weighted by Gasteiger charge is -2.08. The van der Waals surface area contributed by atoms with E-state index in [-0.39, 0.29) is 11.8 Å². The number of carbonyl (C=O) groups excluding carboxylic acids is 1. The van der Waals surface area contributed by atoms with Crippen LogP contribution in [0.5, 0.6) is 0 Å². The number of amides is 1. The lowest BCUT2D eigenvalue weighted by molar-refractivity contribution is -0.116. The highest BCUT2D eigenvalue weighted by Crippen LogP contribution is 2.32. The van der Waals surface area contributed by atoms with Crippen LogP contribution in [0.25, 0.3) is 55.8 Å². The van der Waals surface area contributed by atoms with Gasteiger partial charge in [-0.3, -0.25) is 14.9 Å². The number of imidazole rings is 1. The van der Waals surface area contributed by atoms with Crippen molar-refractivity contribution >= 4 is 33.7 Å². The monoisotopic (exact) mass is 477 g/mol. The second-order valence-corrected chi connectivity index (χ2v) is 9.10. The molecule has 5 heterocycles. The minimum atomic E-state index is -0.0330. The average molecular weight is 478 g/mol. The Kier molecular flexibility index (Phi) is 5.29. The number of aromatic nitrogens is 6. The molecule has 6 aromatic rings.